The smallest absolute Gasteiger partial charge is 0.348 e. The molecule has 2 saturated heterocycles. The van der Waals surface area contributed by atoms with E-state index in [1.165, 1.54) is 0 Å². The van der Waals surface area contributed by atoms with Gasteiger partial charge in [-0.05, 0) is 48.1 Å². The SMILES string of the molecule is C=C1[C@@H](O)[C@]2(O)OC[C@@]34[C@H]1[C@@H](OC(=O)C(C)CC)C(=O)O[C@@H]3Cc1c(C)ccc(C)c1[C@@H]24. The molecule has 1 spiro atoms. The fourth-order valence-corrected chi connectivity index (χ4v) is 6.47. The van der Waals surface area contributed by atoms with Crippen LogP contribution in [0.25, 0.3) is 0 Å². The highest BCUT2D eigenvalue weighted by Crippen LogP contribution is 2.69. The van der Waals surface area contributed by atoms with Gasteiger partial charge in [0.15, 0.2) is 0 Å². The molecule has 7 heteroatoms. The summed E-state index contributed by atoms with van der Waals surface area (Å²) in [5, 5.41) is 22.8. The standard InChI is InChI=1S/C25H30O7/c1-6-11(2)22(27)32-19-18-14(5)21(26)25(29)20-17-13(4)8-7-12(3)15(17)9-16(31-23(19)28)24(18,20)10-30-25/h7-8,11,16,18-21,26,29H,5-6,9-10H2,1-4H3/t11?,16-,18-,19-,20-,21-,24+,25-/m1/s1. The topological polar surface area (TPSA) is 102 Å². The van der Waals surface area contributed by atoms with E-state index in [9.17, 15) is 19.8 Å². The van der Waals surface area contributed by atoms with Gasteiger partial charge in [-0.15, -0.1) is 0 Å². The molecule has 5 rings (SSSR count). The Balaban J connectivity index is 1.71. The molecule has 1 aromatic rings. The number of carbonyl (C=O) groups is 2. The molecule has 1 aromatic carbocycles. The average Bonchev–Trinajstić information content (AvgIpc) is 3.04. The molecular formula is C25H30O7. The first-order chi connectivity index (χ1) is 15.1. The monoisotopic (exact) mass is 442 g/mol. The zero-order valence-electron chi connectivity index (χ0n) is 18.9. The quantitative estimate of drug-likeness (QED) is 0.546. The second kappa shape index (κ2) is 6.89. The maximum absolute atomic E-state index is 13.1. The van der Waals surface area contributed by atoms with E-state index < -0.39 is 53.3 Å². The van der Waals surface area contributed by atoms with Crippen molar-refractivity contribution in [3.8, 4) is 0 Å². The lowest BCUT2D eigenvalue weighted by Gasteiger charge is -2.59. The summed E-state index contributed by atoms with van der Waals surface area (Å²) < 4.78 is 17.6. The summed E-state index contributed by atoms with van der Waals surface area (Å²) >= 11 is 0. The largest absolute Gasteiger partial charge is 0.459 e. The molecule has 1 saturated carbocycles. The Kier molecular flexibility index (Phi) is 4.65. The highest BCUT2D eigenvalue weighted by Gasteiger charge is 2.78. The van der Waals surface area contributed by atoms with Gasteiger partial charge in [0.25, 0.3) is 0 Å². The molecule has 3 fully saturated rings. The second-order valence-electron chi connectivity index (χ2n) is 9.93. The van der Waals surface area contributed by atoms with Gasteiger partial charge in [0.05, 0.1) is 23.9 Å². The first-order valence-electron chi connectivity index (χ1n) is 11.3. The van der Waals surface area contributed by atoms with Crippen molar-refractivity contribution in [2.75, 3.05) is 6.61 Å². The summed E-state index contributed by atoms with van der Waals surface area (Å²) in [6, 6.07) is 4.00. The van der Waals surface area contributed by atoms with Gasteiger partial charge < -0.3 is 24.4 Å². The number of aliphatic hydroxyl groups excluding tert-OH is 1. The number of hydrogen-bond acceptors (Lipinski definition) is 7. The van der Waals surface area contributed by atoms with Crippen LogP contribution in [0, 0.1) is 31.1 Å². The van der Waals surface area contributed by atoms with Crippen LogP contribution in [0.5, 0.6) is 0 Å². The van der Waals surface area contributed by atoms with Crippen LogP contribution in [0.2, 0.25) is 0 Å². The molecule has 172 valence electrons. The van der Waals surface area contributed by atoms with E-state index in [1.807, 2.05) is 32.9 Å². The molecule has 2 N–H and O–H groups in total. The molecule has 1 unspecified atom stereocenters. The molecule has 8 atom stereocenters. The zero-order chi connectivity index (χ0) is 23.2. The van der Waals surface area contributed by atoms with Gasteiger partial charge in [0, 0.05) is 12.3 Å². The lowest BCUT2D eigenvalue weighted by molar-refractivity contribution is -0.247. The molecule has 2 aliphatic heterocycles. The van der Waals surface area contributed by atoms with Crippen molar-refractivity contribution in [3.05, 3.63) is 46.5 Å². The predicted molar refractivity (Wildman–Crippen MR) is 114 cm³/mol. The molecule has 0 amide bonds. The number of ether oxygens (including phenoxy) is 3. The van der Waals surface area contributed by atoms with Gasteiger partial charge in [-0.25, -0.2) is 4.79 Å². The molecule has 0 radical (unpaired) electrons. The van der Waals surface area contributed by atoms with Gasteiger partial charge in [0.2, 0.25) is 11.9 Å². The van der Waals surface area contributed by atoms with E-state index in [4.69, 9.17) is 14.2 Å². The minimum atomic E-state index is -1.89. The number of aryl methyl sites for hydroxylation is 2. The Morgan fingerprint density at radius 2 is 2.03 bits per heavy atom. The molecule has 4 aliphatic rings. The molecule has 7 nitrogen and oxygen atoms in total. The molecule has 2 aliphatic carbocycles. The first kappa shape index (κ1) is 21.6. The Bertz CT molecular complexity index is 1030. The van der Waals surface area contributed by atoms with Crippen LogP contribution < -0.4 is 0 Å². The summed E-state index contributed by atoms with van der Waals surface area (Å²) in [5.74, 6) is -4.78. The number of rotatable bonds is 3. The average molecular weight is 443 g/mol. The zero-order valence-corrected chi connectivity index (χ0v) is 18.9. The van der Waals surface area contributed by atoms with Gasteiger partial charge >= 0.3 is 11.9 Å². The lowest BCUT2D eigenvalue weighted by Crippen LogP contribution is -2.69. The Morgan fingerprint density at radius 3 is 2.72 bits per heavy atom. The second-order valence-corrected chi connectivity index (χ2v) is 9.93. The van der Waals surface area contributed by atoms with Crippen LogP contribution in [0.15, 0.2) is 24.3 Å². The molecule has 32 heavy (non-hydrogen) atoms. The first-order valence-corrected chi connectivity index (χ1v) is 11.3. The van der Waals surface area contributed by atoms with Crippen molar-refractivity contribution in [1.82, 2.24) is 0 Å². The number of fused-ring (bicyclic) bond motifs is 1. The number of aliphatic hydroxyl groups is 2. The third-order valence-electron chi connectivity index (χ3n) is 8.36. The van der Waals surface area contributed by atoms with Gasteiger partial charge in [0.1, 0.15) is 12.2 Å². The van der Waals surface area contributed by atoms with E-state index >= 15 is 0 Å². The van der Waals surface area contributed by atoms with E-state index in [0.717, 1.165) is 22.3 Å². The minimum Gasteiger partial charge on any atom is -0.459 e. The van der Waals surface area contributed by atoms with Crippen molar-refractivity contribution < 1.29 is 34.0 Å². The third kappa shape index (κ3) is 2.47. The molecule has 2 heterocycles. The highest BCUT2D eigenvalue weighted by atomic mass is 16.7. The molecule has 2 bridgehead atoms. The van der Waals surface area contributed by atoms with Crippen LogP contribution in [-0.4, -0.2) is 52.9 Å². The minimum absolute atomic E-state index is 0.0665. The Labute approximate surface area is 187 Å². The summed E-state index contributed by atoms with van der Waals surface area (Å²) in [6.07, 6.45) is -2.23. The maximum Gasteiger partial charge on any atom is 0.348 e. The van der Waals surface area contributed by atoms with Crippen molar-refractivity contribution >= 4 is 11.9 Å². The van der Waals surface area contributed by atoms with Gasteiger partial charge in [-0.3, -0.25) is 4.79 Å². The number of benzene rings is 1. The van der Waals surface area contributed by atoms with E-state index in [1.54, 1.807) is 6.92 Å². The van der Waals surface area contributed by atoms with Crippen LogP contribution in [-0.2, 0) is 30.2 Å². The van der Waals surface area contributed by atoms with E-state index in [0.29, 0.717) is 12.8 Å². The fourth-order valence-electron chi connectivity index (χ4n) is 6.47. The van der Waals surface area contributed by atoms with Crippen LogP contribution >= 0.6 is 0 Å². The lowest BCUT2D eigenvalue weighted by atomic mass is 9.47. The van der Waals surface area contributed by atoms with Crippen molar-refractivity contribution in [2.24, 2.45) is 17.3 Å². The summed E-state index contributed by atoms with van der Waals surface area (Å²) in [5.41, 5.74) is 3.29. The number of carbonyl (C=O) groups excluding carboxylic acids is 2. The summed E-state index contributed by atoms with van der Waals surface area (Å²) in [4.78, 5) is 25.8. The van der Waals surface area contributed by atoms with Crippen LogP contribution in [0.3, 0.4) is 0 Å². The van der Waals surface area contributed by atoms with Crippen molar-refractivity contribution in [2.45, 2.75) is 70.6 Å². The molecule has 0 aromatic heterocycles. The summed E-state index contributed by atoms with van der Waals surface area (Å²) in [6.45, 7) is 11.7. The van der Waals surface area contributed by atoms with Crippen molar-refractivity contribution in [3.63, 3.8) is 0 Å². The Hall–Kier alpha value is -2.22. The maximum atomic E-state index is 13.1. The van der Waals surface area contributed by atoms with Crippen molar-refractivity contribution in [1.29, 1.82) is 0 Å². The fraction of sp³-hybridized carbons (Fsp3) is 0.600. The Morgan fingerprint density at radius 1 is 1.34 bits per heavy atom. The highest BCUT2D eigenvalue weighted by molar-refractivity contribution is 5.82. The van der Waals surface area contributed by atoms with Gasteiger partial charge in [-0.1, -0.05) is 32.6 Å². The van der Waals surface area contributed by atoms with Crippen LogP contribution in [0.4, 0.5) is 0 Å². The third-order valence-corrected chi connectivity index (χ3v) is 8.36. The number of esters is 2. The van der Waals surface area contributed by atoms with Gasteiger partial charge in [-0.2, -0.15) is 0 Å². The normalized spacial score (nSPS) is 40.2. The summed E-state index contributed by atoms with van der Waals surface area (Å²) in [7, 11) is 0. The number of hydrogen-bond donors (Lipinski definition) is 2. The predicted octanol–water partition coefficient (Wildman–Crippen LogP) is 2.08. The van der Waals surface area contributed by atoms with Crippen LogP contribution in [0.1, 0.15) is 48.4 Å². The van der Waals surface area contributed by atoms with E-state index in [2.05, 4.69) is 6.58 Å². The molecular weight excluding hydrogens is 412 g/mol. The van der Waals surface area contributed by atoms with E-state index in [-0.39, 0.29) is 18.1 Å².